The molecule has 5 heteroatoms. The molecule has 0 amide bonds. The van der Waals surface area contributed by atoms with Crippen LogP contribution in [0.2, 0.25) is 0 Å². The summed E-state index contributed by atoms with van der Waals surface area (Å²) in [6.07, 6.45) is 0. The van der Waals surface area contributed by atoms with Gasteiger partial charge in [-0.25, -0.2) is 15.0 Å². The summed E-state index contributed by atoms with van der Waals surface area (Å²) in [5.41, 5.74) is 9.86. The van der Waals surface area contributed by atoms with Crippen LogP contribution in [0.15, 0.2) is 170 Å². The van der Waals surface area contributed by atoms with E-state index in [1.54, 1.807) is 11.3 Å². The minimum atomic E-state index is 0.596. The molecule has 0 aliphatic carbocycles. The van der Waals surface area contributed by atoms with E-state index in [0.29, 0.717) is 23.0 Å². The zero-order valence-corrected chi connectivity index (χ0v) is 28.2. The maximum atomic E-state index is 10.2. The monoisotopic (exact) mass is 668 g/mol. The highest BCUT2D eigenvalue weighted by molar-refractivity contribution is 7.27. The molecular weight excluding hydrogens is 641 g/mol. The smallest absolute Gasteiger partial charge is 0.164 e. The molecule has 7 aromatic carbocycles. The standard InChI is InChI=1S/C46H28N4S/c47-29-34-23-13-14-24-36(34)37-25-26-38(46-49-44(32-19-9-3-10-20-32)48-45(50-46)33-21-11-4-12-22-33)41-40-28-35(30-15-5-1-6-16-30)27-39(42(40)51-43(37)41)31-17-7-2-8-18-31/h1-28H. The Labute approximate surface area is 299 Å². The normalized spacial score (nSPS) is 11.1. The number of hydrogen-bond donors (Lipinski definition) is 0. The highest BCUT2D eigenvalue weighted by atomic mass is 32.1. The number of nitriles is 1. The number of aromatic nitrogens is 3. The van der Waals surface area contributed by atoms with Crippen LogP contribution in [-0.4, -0.2) is 15.0 Å². The van der Waals surface area contributed by atoms with E-state index in [-0.39, 0.29) is 0 Å². The SMILES string of the molecule is N#Cc1ccccc1-c1ccc(-c2nc(-c3ccccc3)nc(-c3ccccc3)n2)c2c1sc1c(-c3ccccc3)cc(-c3ccccc3)cc12. The predicted octanol–water partition coefficient (Wildman–Crippen LogP) is 12.1. The van der Waals surface area contributed by atoms with Crippen LogP contribution in [0.3, 0.4) is 0 Å². The number of nitrogens with zero attached hydrogens (tertiary/aromatic N) is 4. The Morgan fingerprint density at radius 2 is 0.902 bits per heavy atom. The fourth-order valence-corrected chi connectivity index (χ4v) is 8.13. The predicted molar refractivity (Wildman–Crippen MR) is 210 cm³/mol. The summed E-state index contributed by atoms with van der Waals surface area (Å²) in [5.74, 6) is 1.82. The number of rotatable bonds is 6. The molecule has 9 rings (SSSR count). The van der Waals surface area contributed by atoms with Gasteiger partial charge in [-0.15, -0.1) is 11.3 Å². The summed E-state index contributed by atoms with van der Waals surface area (Å²) in [4.78, 5) is 15.3. The van der Waals surface area contributed by atoms with Crippen LogP contribution in [-0.2, 0) is 0 Å². The first-order chi connectivity index (χ1) is 25.2. The number of hydrogen-bond acceptors (Lipinski definition) is 5. The summed E-state index contributed by atoms with van der Waals surface area (Å²) in [6.45, 7) is 0. The number of fused-ring (bicyclic) bond motifs is 3. The van der Waals surface area contributed by atoms with E-state index >= 15 is 0 Å². The van der Waals surface area contributed by atoms with E-state index in [4.69, 9.17) is 15.0 Å². The molecule has 0 aliphatic heterocycles. The van der Waals surface area contributed by atoms with E-state index < -0.39 is 0 Å². The van der Waals surface area contributed by atoms with Gasteiger partial charge in [0, 0.05) is 53.6 Å². The maximum Gasteiger partial charge on any atom is 0.164 e. The van der Waals surface area contributed by atoms with Crippen molar-refractivity contribution in [1.29, 1.82) is 5.26 Å². The van der Waals surface area contributed by atoms with E-state index in [1.165, 1.54) is 4.70 Å². The van der Waals surface area contributed by atoms with Crippen LogP contribution in [0.5, 0.6) is 0 Å². The van der Waals surface area contributed by atoms with Crippen molar-refractivity contribution in [3.8, 4) is 73.6 Å². The summed E-state index contributed by atoms with van der Waals surface area (Å²) in [6, 6.07) is 60.3. The molecule has 2 aromatic heterocycles. The summed E-state index contributed by atoms with van der Waals surface area (Å²) in [7, 11) is 0. The average molecular weight is 669 g/mol. The maximum absolute atomic E-state index is 10.2. The van der Waals surface area contributed by atoms with Gasteiger partial charge < -0.3 is 0 Å². The van der Waals surface area contributed by atoms with Gasteiger partial charge in [0.05, 0.1) is 11.6 Å². The van der Waals surface area contributed by atoms with E-state index in [9.17, 15) is 5.26 Å². The zero-order chi connectivity index (χ0) is 34.1. The molecule has 0 unspecified atom stereocenters. The van der Waals surface area contributed by atoms with Gasteiger partial charge >= 0.3 is 0 Å². The molecule has 0 spiro atoms. The third kappa shape index (κ3) is 5.54. The van der Waals surface area contributed by atoms with Gasteiger partial charge in [0.25, 0.3) is 0 Å². The van der Waals surface area contributed by atoms with Crippen LogP contribution in [0.25, 0.3) is 87.7 Å². The third-order valence-corrected chi connectivity index (χ3v) is 10.5. The highest BCUT2D eigenvalue weighted by Gasteiger charge is 2.22. The Morgan fingerprint density at radius 3 is 1.51 bits per heavy atom. The zero-order valence-electron chi connectivity index (χ0n) is 27.4. The molecule has 238 valence electrons. The number of benzene rings is 7. The molecule has 51 heavy (non-hydrogen) atoms. The van der Waals surface area contributed by atoms with E-state index in [0.717, 1.165) is 65.5 Å². The van der Waals surface area contributed by atoms with Crippen molar-refractivity contribution < 1.29 is 0 Å². The van der Waals surface area contributed by atoms with Crippen LogP contribution >= 0.6 is 11.3 Å². The molecule has 0 bridgehead atoms. The van der Waals surface area contributed by atoms with Gasteiger partial charge in [0.1, 0.15) is 0 Å². The first-order valence-corrected chi connectivity index (χ1v) is 17.6. The average Bonchev–Trinajstić information content (AvgIpc) is 3.61. The quantitative estimate of drug-likeness (QED) is 0.177. The molecule has 0 atom stereocenters. The van der Waals surface area contributed by atoms with Crippen molar-refractivity contribution in [1.82, 2.24) is 15.0 Å². The van der Waals surface area contributed by atoms with E-state index in [1.807, 2.05) is 91.0 Å². The molecule has 9 aromatic rings. The lowest BCUT2D eigenvalue weighted by atomic mass is 9.92. The van der Waals surface area contributed by atoms with Gasteiger partial charge in [-0.2, -0.15) is 5.26 Å². The van der Waals surface area contributed by atoms with Gasteiger partial charge in [0.15, 0.2) is 17.5 Å². The Kier molecular flexibility index (Phi) is 7.70. The molecule has 2 heterocycles. The van der Waals surface area contributed by atoms with E-state index in [2.05, 4.69) is 84.9 Å². The molecule has 0 radical (unpaired) electrons. The fraction of sp³-hybridized carbons (Fsp3) is 0. The topological polar surface area (TPSA) is 62.5 Å². The first kappa shape index (κ1) is 30.3. The summed E-state index contributed by atoms with van der Waals surface area (Å²) < 4.78 is 2.25. The Balaban J connectivity index is 1.42. The highest BCUT2D eigenvalue weighted by Crippen LogP contribution is 2.49. The van der Waals surface area contributed by atoms with Gasteiger partial charge in [-0.05, 0) is 41.0 Å². The molecule has 0 saturated carbocycles. The minimum Gasteiger partial charge on any atom is -0.208 e. The largest absolute Gasteiger partial charge is 0.208 e. The molecular formula is C46H28N4S. The third-order valence-electron chi connectivity index (χ3n) is 9.19. The second kappa shape index (κ2) is 12.9. The van der Waals surface area contributed by atoms with Crippen molar-refractivity contribution >= 4 is 31.5 Å². The van der Waals surface area contributed by atoms with Gasteiger partial charge in [-0.3, -0.25) is 0 Å². The minimum absolute atomic E-state index is 0.596. The second-order valence-electron chi connectivity index (χ2n) is 12.3. The summed E-state index contributed by atoms with van der Waals surface area (Å²) >= 11 is 1.76. The Morgan fingerprint density at radius 1 is 0.392 bits per heavy atom. The van der Waals surface area contributed by atoms with Crippen LogP contribution < -0.4 is 0 Å². The van der Waals surface area contributed by atoms with Gasteiger partial charge in [-0.1, -0.05) is 146 Å². The molecule has 0 aliphatic rings. The number of thiophene rings is 1. The lowest BCUT2D eigenvalue weighted by molar-refractivity contribution is 1.08. The Hall–Kier alpha value is -6.74. The van der Waals surface area contributed by atoms with Gasteiger partial charge in [0.2, 0.25) is 0 Å². The summed E-state index contributed by atoms with van der Waals surface area (Å²) in [5, 5.41) is 12.4. The Bertz CT molecular complexity index is 2680. The molecule has 0 N–H and O–H groups in total. The van der Waals surface area contributed by atoms with Crippen molar-refractivity contribution in [2.24, 2.45) is 0 Å². The van der Waals surface area contributed by atoms with Crippen LogP contribution in [0, 0.1) is 11.3 Å². The lowest BCUT2D eigenvalue weighted by Crippen LogP contribution is -2.00. The van der Waals surface area contributed by atoms with Crippen molar-refractivity contribution in [3.05, 3.63) is 175 Å². The van der Waals surface area contributed by atoms with Crippen LogP contribution in [0.1, 0.15) is 5.56 Å². The van der Waals surface area contributed by atoms with Crippen molar-refractivity contribution in [2.75, 3.05) is 0 Å². The lowest BCUT2D eigenvalue weighted by Gasteiger charge is -2.12. The molecule has 4 nitrogen and oxygen atoms in total. The molecule has 0 saturated heterocycles. The van der Waals surface area contributed by atoms with Crippen molar-refractivity contribution in [3.63, 3.8) is 0 Å². The van der Waals surface area contributed by atoms with Crippen LogP contribution in [0.4, 0.5) is 0 Å². The van der Waals surface area contributed by atoms with Crippen molar-refractivity contribution in [2.45, 2.75) is 0 Å². The molecule has 0 fully saturated rings. The second-order valence-corrected chi connectivity index (χ2v) is 13.3. The fourth-order valence-electron chi connectivity index (χ4n) is 6.75. The first-order valence-electron chi connectivity index (χ1n) is 16.8.